The smallest absolute Gasteiger partial charge is 0.255 e. The van der Waals surface area contributed by atoms with Gasteiger partial charge in [-0.25, -0.2) is 26.0 Å². The lowest BCUT2D eigenvalue weighted by Crippen LogP contribution is -2.36. The van der Waals surface area contributed by atoms with Crippen molar-refractivity contribution in [2.45, 2.75) is 30.3 Å². The van der Waals surface area contributed by atoms with Gasteiger partial charge in [-0.2, -0.15) is 4.31 Å². The zero-order chi connectivity index (χ0) is 22.1. The van der Waals surface area contributed by atoms with Crippen LogP contribution in [0.5, 0.6) is 0 Å². The molecule has 1 amide bonds. The van der Waals surface area contributed by atoms with E-state index in [0.29, 0.717) is 31.4 Å². The molecule has 1 saturated heterocycles. The van der Waals surface area contributed by atoms with E-state index in [2.05, 4.69) is 5.32 Å². The molecule has 162 valence electrons. The van der Waals surface area contributed by atoms with E-state index in [1.54, 1.807) is 0 Å². The molecule has 2 aromatic rings. The van der Waals surface area contributed by atoms with Gasteiger partial charge in [-0.3, -0.25) is 4.79 Å². The number of hydrogen-bond donors (Lipinski definition) is 2. The first kappa shape index (κ1) is 22.2. The third kappa shape index (κ3) is 4.79. The zero-order valence-electron chi connectivity index (χ0n) is 15.5. The molecule has 1 atom stereocenters. The first-order valence-corrected chi connectivity index (χ1v) is 10.5. The fraction of sp³-hybridized carbons (Fsp3) is 0.316. The molecule has 0 aliphatic carbocycles. The Morgan fingerprint density at radius 2 is 1.70 bits per heavy atom. The summed E-state index contributed by atoms with van der Waals surface area (Å²) in [6, 6.07) is 3.47. The van der Waals surface area contributed by atoms with Crippen molar-refractivity contribution in [2.24, 2.45) is 0 Å². The van der Waals surface area contributed by atoms with E-state index < -0.39 is 61.4 Å². The number of benzene rings is 2. The normalized spacial score (nSPS) is 18.1. The molecule has 6 nitrogen and oxygen atoms in total. The number of aliphatic hydroxyl groups excluding tert-OH is 1. The van der Waals surface area contributed by atoms with Gasteiger partial charge in [-0.05, 0) is 37.5 Å². The Labute approximate surface area is 170 Å². The van der Waals surface area contributed by atoms with E-state index in [4.69, 9.17) is 0 Å². The van der Waals surface area contributed by atoms with Gasteiger partial charge in [-0.1, -0.05) is 0 Å². The van der Waals surface area contributed by atoms with E-state index in [1.807, 2.05) is 0 Å². The summed E-state index contributed by atoms with van der Waals surface area (Å²) in [4.78, 5) is 11.9. The monoisotopic (exact) mass is 446 g/mol. The van der Waals surface area contributed by atoms with Crippen LogP contribution in [-0.2, 0) is 10.0 Å². The quantitative estimate of drug-likeness (QED) is 0.559. The van der Waals surface area contributed by atoms with Gasteiger partial charge >= 0.3 is 0 Å². The van der Waals surface area contributed by atoms with E-state index in [0.717, 1.165) is 22.5 Å². The average molecular weight is 446 g/mol. The van der Waals surface area contributed by atoms with Crippen LogP contribution < -0.4 is 5.32 Å². The number of aliphatic hydroxyl groups is 1. The van der Waals surface area contributed by atoms with Gasteiger partial charge in [-0.15, -0.1) is 0 Å². The van der Waals surface area contributed by atoms with Crippen molar-refractivity contribution in [2.75, 3.05) is 18.4 Å². The fourth-order valence-corrected chi connectivity index (χ4v) is 4.70. The molecule has 1 fully saturated rings. The van der Waals surface area contributed by atoms with Crippen molar-refractivity contribution in [1.82, 2.24) is 4.31 Å². The summed E-state index contributed by atoms with van der Waals surface area (Å²) >= 11 is 0. The van der Waals surface area contributed by atoms with Gasteiger partial charge in [0.25, 0.3) is 5.91 Å². The van der Waals surface area contributed by atoms with Crippen LogP contribution in [0.25, 0.3) is 0 Å². The highest BCUT2D eigenvalue weighted by Crippen LogP contribution is 2.24. The Bertz CT molecular complexity index is 1060. The summed E-state index contributed by atoms with van der Waals surface area (Å²) in [5.41, 5.74) is -0.852. The van der Waals surface area contributed by atoms with Gasteiger partial charge in [0.05, 0.1) is 11.0 Å². The Morgan fingerprint density at radius 3 is 2.37 bits per heavy atom. The van der Waals surface area contributed by atoms with E-state index in [-0.39, 0.29) is 13.1 Å². The second kappa shape index (κ2) is 8.70. The number of amides is 1. The first-order valence-electron chi connectivity index (χ1n) is 9.02. The minimum atomic E-state index is -4.20. The molecule has 11 heteroatoms. The van der Waals surface area contributed by atoms with Crippen LogP contribution in [0.2, 0.25) is 0 Å². The molecular formula is C19H18F4N2O4S. The summed E-state index contributed by atoms with van der Waals surface area (Å²) in [5, 5.41) is 11.9. The number of β-amino-alcohol motifs (C(OH)–C–C–N with tert-alkyl or cyclic N) is 1. The Hall–Kier alpha value is -2.50. The van der Waals surface area contributed by atoms with Gasteiger partial charge in [0, 0.05) is 36.5 Å². The average Bonchev–Trinajstić information content (AvgIpc) is 2.90. The van der Waals surface area contributed by atoms with Crippen LogP contribution in [0.1, 0.15) is 29.6 Å². The molecule has 30 heavy (non-hydrogen) atoms. The van der Waals surface area contributed by atoms with Crippen LogP contribution in [0.3, 0.4) is 0 Å². The number of carbonyl (C=O) groups is 1. The topological polar surface area (TPSA) is 86.7 Å². The number of rotatable bonds is 4. The summed E-state index contributed by atoms with van der Waals surface area (Å²) in [6.07, 6.45) is 0.727. The number of sulfonamides is 1. The number of carbonyl (C=O) groups excluding carboxylic acids is 1. The highest BCUT2D eigenvalue weighted by Gasteiger charge is 2.29. The van der Waals surface area contributed by atoms with Crippen LogP contribution in [-0.4, -0.2) is 42.9 Å². The molecule has 1 aliphatic rings. The maximum absolute atomic E-state index is 14.1. The predicted octanol–water partition coefficient (Wildman–Crippen LogP) is 3.03. The Morgan fingerprint density at radius 1 is 1.03 bits per heavy atom. The number of hydrogen-bond acceptors (Lipinski definition) is 4. The first-order chi connectivity index (χ1) is 14.1. The molecule has 0 saturated carbocycles. The highest BCUT2D eigenvalue weighted by molar-refractivity contribution is 7.89. The van der Waals surface area contributed by atoms with E-state index >= 15 is 0 Å². The van der Waals surface area contributed by atoms with E-state index in [1.165, 1.54) is 0 Å². The third-order valence-electron chi connectivity index (χ3n) is 4.62. The fourth-order valence-electron chi connectivity index (χ4n) is 3.13. The van der Waals surface area contributed by atoms with Crippen molar-refractivity contribution in [3.63, 3.8) is 0 Å². The molecule has 2 aromatic carbocycles. The molecular weight excluding hydrogens is 428 g/mol. The van der Waals surface area contributed by atoms with Crippen molar-refractivity contribution in [3.8, 4) is 0 Å². The maximum Gasteiger partial charge on any atom is 0.255 e. The predicted molar refractivity (Wildman–Crippen MR) is 99.3 cm³/mol. The molecule has 0 radical (unpaired) electrons. The summed E-state index contributed by atoms with van der Waals surface area (Å²) in [6.45, 7) is -0.0277. The number of anilines is 1. The number of halogens is 4. The maximum atomic E-state index is 14.1. The van der Waals surface area contributed by atoms with Crippen molar-refractivity contribution in [3.05, 3.63) is 59.2 Å². The van der Waals surface area contributed by atoms with Gasteiger partial charge in [0.2, 0.25) is 10.0 Å². The van der Waals surface area contributed by atoms with Gasteiger partial charge < -0.3 is 10.4 Å². The number of nitrogens with one attached hydrogen (secondary N) is 1. The SMILES string of the molecule is O=C(Nc1cc(F)c(F)c(F)c1)c1cc(F)cc(S(=O)(=O)N2CCCCC(O)C2)c1. The van der Waals surface area contributed by atoms with Gasteiger partial charge in [0.15, 0.2) is 17.5 Å². The molecule has 1 unspecified atom stereocenters. The molecule has 0 aromatic heterocycles. The van der Waals surface area contributed by atoms with E-state index in [9.17, 15) is 35.9 Å². The lowest BCUT2D eigenvalue weighted by Gasteiger charge is -2.22. The lowest BCUT2D eigenvalue weighted by atomic mass is 10.2. The molecule has 0 spiro atoms. The zero-order valence-corrected chi connectivity index (χ0v) is 16.4. The minimum Gasteiger partial charge on any atom is -0.392 e. The highest BCUT2D eigenvalue weighted by atomic mass is 32.2. The molecule has 3 rings (SSSR count). The summed E-state index contributed by atoms with van der Waals surface area (Å²) in [5.74, 6) is -6.85. The third-order valence-corrected chi connectivity index (χ3v) is 6.47. The van der Waals surface area contributed by atoms with Crippen LogP contribution >= 0.6 is 0 Å². The van der Waals surface area contributed by atoms with Crippen LogP contribution in [0.4, 0.5) is 23.2 Å². The second-order valence-corrected chi connectivity index (χ2v) is 8.83. The Balaban J connectivity index is 1.90. The lowest BCUT2D eigenvalue weighted by molar-refractivity contribution is 0.102. The minimum absolute atomic E-state index is 0.131. The van der Waals surface area contributed by atoms with Crippen molar-refractivity contribution < 1.29 is 35.9 Å². The second-order valence-electron chi connectivity index (χ2n) is 6.90. The molecule has 1 aliphatic heterocycles. The summed E-state index contributed by atoms with van der Waals surface area (Å²) < 4.78 is 80.5. The van der Waals surface area contributed by atoms with Crippen molar-refractivity contribution in [1.29, 1.82) is 0 Å². The van der Waals surface area contributed by atoms with Gasteiger partial charge in [0.1, 0.15) is 5.82 Å². The van der Waals surface area contributed by atoms with Crippen LogP contribution in [0, 0.1) is 23.3 Å². The van der Waals surface area contributed by atoms with Crippen molar-refractivity contribution >= 4 is 21.6 Å². The molecule has 0 bridgehead atoms. The number of nitrogens with zero attached hydrogens (tertiary/aromatic N) is 1. The Kier molecular flexibility index (Phi) is 6.44. The summed E-state index contributed by atoms with van der Waals surface area (Å²) in [7, 11) is -4.20. The standard InChI is InChI=1S/C19H18F4N2O4S/c20-12-5-11(19(27)24-13-8-16(21)18(23)17(22)9-13)6-15(7-12)30(28,29)25-4-2-1-3-14(26)10-25/h5-9,14,26H,1-4,10H2,(H,24,27). The molecule has 1 heterocycles. The molecule has 2 N–H and O–H groups in total. The van der Waals surface area contributed by atoms with Crippen LogP contribution in [0.15, 0.2) is 35.2 Å². The largest absolute Gasteiger partial charge is 0.392 e.